The maximum Gasteiger partial charge on any atom is 0.296 e. The predicted molar refractivity (Wildman–Crippen MR) is 80.6 cm³/mol. The molecule has 1 rings (SSSR count). The zero-order valence-electron chi connectivity index (χ0n) is 11.6. The number of hydrogen-bond donors (Lipinski definition) is 0. The average molecular weight is 349 g/mol. The Hall–Kier alpha value is -0.390. The molecule has 19 heavy (non-hydrogen) atoms. The molecule has 0 N–H and O–H groups in total. The van der Waals surface area contributed by atoms with E-state index in [9.17, 15) is 8.42 Å². The van der Waals surface area contributed by atoms with E-state index in [4.69, 9.17) is 4.18 Å². The minimum absolute atomic E-state index is 0.127. The van der Waals surface area contributed by atoms with E-state index in [0.29, 0.717) is 0 Å². The van der Waals surface area contributed by atoms with Gasteiger partial charge in [0.1, 0.15) is 0 Å². The van der Waals surface area contributed by atoms with Gasteiger partial charge in [-0.1, -0.05) is 49.5 Å². The molecule has 1 aromatic rings. The molecular weight excluding hydrogens is 328 g/mol. The Morgan fingerprint density at radius 1 is 1.21 bits per heavy atom. The van der Waals surface area contributed by atoms with Crippen LogP contribution in [0, 0.1) is 5.41 Å². The Morgan fingerprint density at radius 3 is 2.32 bits per heavy atom. The van der Waals surface area contributed by atoms with Crippen LogP contribution >= 0.6 is 15.9 Å². The highest BCUT2D eigenvalue weighted by molar-refractivity contribution is 9.10. The monoisotopic (exact) mass is 348 g/mol. The first-order valence-electron chi connectivity index (χ1n) is 6.42. The van der Waals surface area contributed by atoms with Crippen LogP contribution in [-0.2, 0) is 14.3 Å². The highest BCUT2D eigenvalue weighted by Gasteiger charge is 2.23. The second-order valence-corrected chi connectivity index (χ2v) is 7.97. The number of rotatable bonds is 7. The number of benzene rings is 1. The Labute approximate surface area is 124 Å². The molecule has 1 aromatic carbocycles. The van der Waals surface area contributed by atoms with E-state index >= 15 is 0 Å². The van der Waals surface area contributed by atoms with Gasteiger partial charge < -0.3 is 0 Å². The maximum absolute atomic E-state index is 12.0. The van der Waals surface area contributed by atoms with E-state index in [1.807, 2.05) is 13.8 Å². The van der Waals surface area contributed by atoms with Crippen LogP contribution < -0.4 is 0 Å². The first-order chi connectivity index (χ1) is 8.77. The molecule has 0 bridgehead atoms. The third kappa shape index (κ3) is 5.63. The topological polar surface area (TPSA) is 43.4 Å². The average Bonchev–Trinajstić information content (AvgIpc) is 2.35. The second kappa shape index (κ2) is 6.86. The zero-order chi connectivity index (χ0) is 14.5. The maximum atomic E-state index is 12.0. The molecule has 0 spiro atoms. The highest BCUT2D eigenvalue weighted by atomic mass is 79.9. The molecule has 0 fully saturated rings. The van der Waals surface area contributed by atoms with Gasteiger partial charge in [0, 0.05) is 4.47 Å². The largest absolute Gasteiger partial charge is 0.296 e. The standard InChI is InChI=1S/C14H21BrO3S/c1-4-5-10-14(2,3)11-18-19(16,17)13-8-6-12(15)7-9-13/h6-9H,4-5,10-11H2,1-3H3. The van der Waals surface area contributed by atoms with E-state index in [0.717, 1.165) is 23.7 Å². The summed E-state index contributed by atoms with van der Waals surface area (Å²) < 4.78 is 30.1. The minimum Gasteiger partial charge on any atom is -0.266 e. The highest BCUT2D eigenvalue weighted by Crippen LogP contribution is 2.26. The molecule has 0 aliphatic carbocycles. The first kappa shape index (κ1) is 16.7. The lowest BCUT2D eigenvalue weighted by Crippen LogP contribution is -2.22. The minimum atomic E-state index is -3.66. The molecule has 0 amide bonds. The normalized spacial score (nSPS) is 12.6. The SMILES string of the molecule is CCCCC(C)(C)COS(=O)(=O)c1ccc(Br)cc1. The lowest BCUT2D eigenvalue weighted by Gasteiger charge is -2.23. The fourth-order valence-electron chi connectivity index (χ4n) is 1.63. The zero-order valence-corrected chi connectivity index (χ0v) is 14.1. The molecule has 0 aliphatic rings. The summed E-state index contributed by atoms with van der Waals surface area (Å²) in [4.78, 5) is 0.196. The molecule has 108 valence electrons. The Balaban J connectivity index is 2.68. The van der Waals surface area contributed by atoms with E-state index in [-0.39, 0.29) is 16.9 Å². The van der Waals surface area contributed by atoms with Crippen LogP contribution in [0.3, 0.4) is 0 Å². The molecule has 0 saturated carbocycles. The summed E-state index contributed by atoms with van der Waals surface area (Å²) >= 11 is 3.28. The van der Waals surface area contributed by atoms with Crippen molar-refractivity contribution in [2.24, 2.45) is 5.41 Å². The number of hydrogen-bond acceptors (Lipinski definition) is 3. The van der Waals surface area contributed by atoms with Gasteiger partial charge in [0.25, 0.3) is 10.1 Å². The van der Waals surface area contributed by atoms with Crippen molar-refractivity contribution < 1.29 is 12.6 Å². The van der Waals surface area contributed by atoms with Gasteiger partial charge in [-0.2, -0.15) is 8.42 Å². The molecule has 5 heteroatoms. The lowest BCUT2D eigenvalue weighted by atomic mass is 9.88. The van der Waals surface area contributed by atoms with Gasteiger partial charge in [-0.05, 0) is 36.1 Å². The van der Waals surface area contributed by atoms with Crippen LogP contribution in [0.2, 0.25) is 0 Å². The van der Waals surface area contributed by atoms with E-state index in [2.05, 4.69) is 22.9 Å². The second-order valence-electron chi connectivity index (χ2n) is 5.44. The van der Waals surface area contributed by atoms with Crippen LogP contribution in [-0.4, -0.2) is 15.0 Å². The van der Waals surface area contributed by atoms with Gasteiger partial charge in [0.15, 0.2) is 0 Å². The van der Waals surface area contributed by atoms with Crippen LogP contribution in [0.25, 0.3) is 0 Å². The molecule has 0 saturated heterocycles. The summed E-state index contributed by atoms with van der Waals surface area (Å²) in [5, 5.41) is 0. The molecule has 0 aliphatic heterocycles. The van der Waals surface area contributed by atoms with Crippen LogP contribution in [0.5, 0.6) is 0 Å². The smallest absolute Gasteiger partial charge is 0.266 e. The van der Waals surface area contributed by atoms with Gasteiger partial charge in [0.05, 0.1) is 11.5 Å². The summed E-state index contributed by atoms with van der Waals surface area (Å²) in [7, 11) is -3.66. The molecule has 0 heterocycles. The summed E-state index contributed by atoms with van der Waals surface area (Å²) in [5.41, 5.74) is -0.127. The van der Waals surface area contributed by atoms with Gasteiger partial charge >= 0.3 is 0 Å². The summed E-state index contributed by atoms with van der Waals surface area (Å²) in [5.74, 6) is 0. The van der Waals surface area contributed by atoms with Gasteiger partial charge in [-0.25, -0.2) is 0 Å². The van der Waals surface area contributed by atoms with E-state index < -0.39 is 10.1 Å². The molecule has 3 nitrogen and oxygen atoms in total. The number of unbranched alkanes of at least 4 members (excludes halogenated alkanes) is 1. The van der Waals surface area contributed by atoms with Crippen molar-refractivity contribution in [1.29, 1.82) is 0 Å². The van der Waals surface area contributed by atoms with Gasteiger partial charge in [-0.15, -0.1) is 0 Å². The van der Waals surface area contributed by atoms with Gasteiger partial charge in [0.2, 0.25) is 0 Å². The molecular formula is C14H21BrO3S. The van der Waals surface area contributed by atoms with Crippen molar-refractivity contribution >= 4 is 26.0 Å². The van der Waals surface area contributed by atoms with E-state index in [1.54, 1.807) is 24.3 Å². The van der Waals surface area contributed by atoms with Crippen LogP contribution in [0.1, 0.15) is 40.0 Å². The van der Waals surface area contributed by atoms with Crippen LogP contribution in [0.4, 0.5) is 0 Å². The molecule has 0 unspecified atom stereocenters. The molecule has 0 radical (unpaired) electrons. The van der Waals surface area contributed by atoms with Crippen LogP contribution in [0.15, 0.2) is 33.6 Å². The number of halogens is 1. The lowest BCUT2D eigenvalue weighted by molar-refractivity contribution is 0.172. The molecule has 0 atom stereocenters. The van der Waals surface area contributed by atoms with Crippen molar-refractivity contribution in [3.8, 4) is 0 Å². The predicted octanol–water partition coefficient (Wildman–Crippen LogP) is 4.37. The summed E-state index contributed by atoms with van der Waals surface area (Å²) in [6.45, 7) is 6.39. The Morgan fingerprint density at radius 2 is 1.79 bits per heavy atom. The van der Waals surface area contributed by atoms with Crippen molar-refractivity contribution in [3.05, 3.63) is 28.7 Å². The fourth-order valence-corrected chi connectivity index (χ4v) is 2.98. The third-order valence-corrected chi connectivity index (χ3v) is 4.72. The third-order valence-electron chi connectivity index (χ3n) is 2.91. The summed E-state index contributed by atoms with van der Waals surface area (Å²) in [6, 6.07) is 6.47. The molecule has 0 aromatic heterocycles. The fraction of sp³-hybridized carbons (Fsp3) is 0.571. The van der Waals surface area contributed by atoms with Crippen molar-refractivity contribution in [2.75, 3.05) is 6.61 Å². The van der Waals surface area contributed by atoms with Gasteiger partial charge in [-0.3, -0.25) is 4.18 Å². The summed E-state index contributed by atoms with van der Waals surface area (Å²) in [6.07, 6.45) is 3.14. The van der Waals surface area contributed by atoms with Crippen molar-refractivity contribution in [2.45, 2.75) is 44.9 Å². The van der Waals surface area contributed by atoms with Crippen molar-refractivity contribution in [1.82, 2.24) is 0 Å². The first-order valence-corrected chi connectivity index (χ1v) is 8.62. The quantitative estimate of drug-likeness (QED) is 0.687. The Bertz CT molecular complexity index is 492. The Kier molecular flexibility index (Phi) is 6.02. The van der Waals surface area contributed by atoms with E-state index in [1.165, 1.54) is 0 Å². The van der Waals surface area contributed by atoms with Crippen molar-refractivity contribution in [3.63, 3.8) is 0 Å².